The largest absolute Gasteiger partial charge is 0.492 e. The second-order valence-corrected chi connectivity index (χ2v) is 13.7. The van der Waals surface area contributed by atoms with E-state index in [1.165, 1.54) is 25.3 Å². The lowest BCUT2D eigenvalue weighted by molar-refractivity contribution is -0.148. The van der Waals surface area contributed by atoms with E-state index >= 15 is 0 Å². The van der Waals surface area contributed by atoms with Gasteiger partial charge in [-0.3, -0.25) is 9.59 Å². The van der Waals surface area contributed by atoms with Gasteiger partial charge >= 0.3 is 5.97 Å². The molecule has 1 amide bonds. The maximum atomic E-state index is 12.4. The Morgan fingerprint density at radius 1 is 1.11 bits per heavy atom. The maximum Gasteiger partial charge on any atom is 0.302 e. The molecule has 10 atom stereocenters. The second-order valence-electron chi connectivity index (χ2n) is 13.7. The molecule has 6 rings (SSSR count). The lowest BCUT2D eigenvalue weighted by Crippen LogP contribution is -2.50. The molecule has 1 saturated heterocycles. The molecule has 0 unspecified atom stereocenters. The van der Waals surface area contributed by atoms with Crippen molar-refractivity contribution in [2.45, 2.75) is 111 Å². The van der Waals surface area contributed by atoms with Gasteiger partial charge in [-0.2, -0.15) is 0 Å². The van der Waals surface area contributed by atoms with Crippen LogP contribution in [0.5, 0.6) is 0 Å². The lowest BCUT2D eigenvalue weighted by Gasteiger charge is -2.58. The topological polar surface area (TPSA) is 55.8 Å². The molecule has 2 heterocycles. The van der Waals surface area contributed by atoms with E-state index in [1.807, 2.05) is 0 Å². The molecule has 0 radical (unpaired) electrons. The standard InChI is InChI=1S/C31H45NO4/c1-17-13-26(32(16-17)19(3)33)29-18(2)28-27(36-29)15-25-23-8-7-21-14-22(35-20(4)34)9-11-30(21,5)24(23)10-12-31(25,28)6/h7,17,22-28H,8-16H2,1-6H3/t17-,22+,23-,24-,25-,26+,27-,28-,30-,31-/m0/s1. The smallest absolute Gasteiger partial charge is 0.302 e. The Morgan fingerprint density at radius 3 is 2.61 bits per heavy atom. The molecular weight excluding hydrogens is 450 g/mol. The summed E-state index contributed by atoms with van der Waals surface area (Å²) in [5.74, 6) is 4.31. The van der Waals surface area contributed by atoms with Crippen LogP contribution in [0.25, 0.3) is 0 Å². The minimum absolute atomic E-state index is 0.0607. The van der Waals surface area contributed by atoms with Crippen molar-refractivity contribution in [1.29, 1.82) is 0 Å². The van der Waals surface area contributed by atoms with Crippen molar-refractivity contribution < 1.29 is 19.1 Å². The fourth-order valence-electron chi connectivity index (χ4n) is 10.2. The molecule has 0 spiro atoms. The second kappa shape index (κ2) is 8.36. The van der Waals surface area contributed by atoms with Crippen LogP contribution < -0.4 is 0 Å². The zero-order valence-corrected chi connectivity index (χ0v) is 23.1. The highest BCUT2D eigenvalue weighted by molar-refractivity contribution is 5.74. The van der Waals surface area contributed by atoms with Crippen molar-refractivity contribution in [3.05, 3.63) is 23.0 Å². The van der Waals surface area contributed by atoms with Crippen molar-refractivity contribution in [2.24, 2.45) is 40.4 Å². The highest BCUT2D eigenvalue weighted by Gasteiger charge is 2.64. The van der Waals surface area contributed by atoms with Crippen molar-refractivity contribution in [1.82, 2.24) is 4.90 Å². The van der Waals surface area contributed by atoms with Gasteiger partial charge < -0.3 is 14.4 Å². The zero-order valence-electron chi connectivity index (χ0n) is 23.1. The Labute approximate surface area is 217 Å². The Balaban J connectivity index is 1.25. The Bertz CT molecular complexity index is 1030. The van der Waals surface area contributed by atoms with Gasteiger partial charge in [-0.15, -0.1) is 0 Å². The average molecular weight is 496 g/mol. The first-order chi connectivity index (χ1) is 17.0. The monoisotopic (exact) mass is 495 g/mol. The molecule has 6 aliphatic rings. The van der Waals surface area contributed by atoms with Crippen molar-refractivity contribution in [2.75, 3.05) is 6.54 Å². The first-order valence-electron chi connectivity index (χ1n) is 14.5. The van der Waals surface area contributed by atoms with E-state index in [9.17, 15) is 9.59 Å². The van der Waals surface area contributed by atoms with E-state index in [0.717, 1.165) is 56.7 Å². The van der Waals surface area contributed by atoms with Gasteiger partial charge in [0.15, 0.2) is 0 Å². The van der Waals surface area contributed by atoms with Crippen LogP contribution in [0.3, 0.4) is 0 Å². The van der Waals surface area contributed by atoms with E-state index < -0.39 is 0 Å². The summed E-state index contributed by atoms with van der Waals surface area (Å²) >= 11 is 0. The number of allylic oxidation sites excluding steroid dienone is 1. The summed E-state index contributed by atoms with van der Waals surface area (Å²) < 4.78 is 12.5. The predicted molar refractivity (Wildman–Crippen MR) is 139 cm³/mol. The molecule has 0 aromatic rings. The van der Waals surface area contributed by atoms with Gasteiger partial charge in [-0.05, 0) is 91.9 Å². The number of nitrogens with zero attached hydrogens (tertiary/aromatic N) is 1. The number of amides is 1. The molecule has 0 aromatic carbocycles. The first-order valence-corrected chi connectivity index (χ1v) is 14.5. The number of rotatable bonds is 2. The lowest BCUT2D eigenvalue weighted by atomic mass is 9.47. The fraction of sp³-hybridized carbons (Fsp3) is 0.806. The van der Waals surface area contributed by atoms with Crippen LogP contribution in [0.1, 0.15) is 92.9 Å². The van der Waals surface area contributed by atoms with Crippen LogP contribution in [0.2, 0.25) is 0 Å². The van der Waals surface area contributed by atoms with Crippen molar-refractivity contribution >= 4 is 11.9 Å². The van der Waals surface area contributed by atoms with Crippen molar-refractivity contribution in [3.63, 3.8) is 0 Å². The molecule has 4 fully saturated rings. The summed E-state index contributed by atoms with van der Waals surface area (Å²) in [5, 5.41) is 0. The van der Waals surface area contributed by atoms with Gasteiger partial charge in [0.1, 0.15) is 18.0 Å². The summed E-state index contributed by atoms with van der Waals surface area (Å²) in [7, 11) is 0. The average Bonchev–Trinajstić information content (AvgIpc) is 3.44. The van der Waals surface area contributed by atoms with Gasteiger partial charge in [0, 0.05) is 32.7 Å². The first kappa shape index (κ1) is 24.6. The third-order valence-electron chi connectivity index (χ3n) is 11.7. The van der Waals surface area contributed by atoms with Crippen molar-refractivity contribution in [3.8, 4) is 0 Å². The Morgan fingerprint density at radius 2 is 1.89 bits per heavy atom. The summed E-state index contributed by atoms with van der Waals surface area (Å²) in [4.78, 5) is 26.0. The molecule has 36 heavy (non-hydrogen) atoms. The fourth-order valence-corrected chi connectivity index (χ4v) is 10.2. The van der Waals surface area contributed by atoms with Crippen LogP contribution in [0.15, 0.2) is 23.0 Å². The highest BCUT2D eigenvalue weighted by atomic mass is 16.5. The predicted octanol–water partition coefficient (Wildman–Crippen LogP) is 6.04. The summed E-state index contributed by atoms with van der Waals surface area (Å²) in [6.07, 6.45) is 11.8. The molecule has 0 bridgehead atoms. The normalized spacial score (nSPS) is 47.4. The third-order valence-corrected chi connectivity index (χ3v) is 11.7. The van der Waals surface area contributed by atoms with E-state index in [1.54, 1.807) is 12.5 Å². The third kappa shape index (κ3) is 3.46. The quantitative estimate of drug-likeness (QED) is 0.346. The number of ether oxygens (including phenoxy) is 2. The van der Waals surface area contributed by atoms with Crippen LogP contribution in [0.4, 0.5) is 0 Å². The summed E-state index contributed by atoms with van der Waals surface area (Å²) in [6, 6.07) is 0.132. The number of carbonyl (C=O) groups is 2. The number of carbonyl (C=O) groups excluding carboxylic acids is 2. The number of hydrogen-bond donors (Lipinski definition) is 0. The van der Waals surface area contributed by atoms with Crippen LogP contribution in [-0.2, 0) is 19.1 Å². The van der Waals surface area contributed by atoms with Gasteiger partial charge in [0.05, 0.1) is 6.04 Å². The minimum atomic E-state index is -0.148. The molecule has 5 nitrogen and oxygen atoms in total. The highest BCUT2D eigenvalue weighted by Crippen LogP contribution is 2.69. The number of likely N-dealkylation sites (tertiary alicyclic amines) is 1. The molecule has 0 aromatic heterocycles. The van der Waals surface area contributed by atoms with Crippen LogP contribution >= 0.6 is 0 Å². The van der Waals surface area contributed by atoms with E-state index in [0.29, 0.717) is 23.7 Å². The van der Waals surface area contributed by atoms with Gasteiger partial charge in [0.25, 0.3) is 0 Å². The number of hydrogen-bond acceptors (Lipinski definition) is 4. The Hall–Kier alpha value is -1.78. The molecule has 4 aliphatic carbocycles. The van der Waals surface area contributed by atoms with E-state index in [-0.39, 0.29) is 41.0 Å². The SMILES string of the molecule is CC(=O)O[C@@H]1CC[C@@]2(C)C(=CC[C@@H]3[C@@H]4C[C@@H]5OC([C@H]6C[C@H](C)CN6C(C)=O)=C(C)[C@@H]5[C@@]4(C)CC[C@@H]32)C1. The van der Waals surface area contributed by atoms with Gasteiger partial charge in [-0.1, -0.05) is 32.4 Å². The summed E-state index contributed by atoms with van der Waals surface area (Å²) in [6.45, 7) is 13.7. The van der Waals surface area contributed by atoms with Crippen LogP contribution in [0, 0.1) is 40.4 Å². The van der Waals surface area contributed by atoms with E-state index in [2.05, 4.69) is 38.7 Å². The zero-order chi connectivity index (χ0) is 25.6. The molecule has 198 valence electrons. The molecule has 3 saturated carbocycles. The minimum Gasteiger partial charge on any atom is -0.492 e. The molecule has 5 heteroatoms. The van der Waals surface area contributed by atoms with Crippen LogP contribution in [-0.4, -0.2) is 41.6 Å². The maximum absolute atomic E-state index is 12.4. The number of esters is 1. The Kier molecular flexibility index (Phi) is 5.70. The van der Waals surface area contributed by atoms with E-state index in [4.69, 9.17) is 9.47 Å². The molecular formula is C31H45NO4. The summed E-state index contributed by atoms with van der Waals surface area (Å²) in [5.41, 5.74) is 3.52. The van der Waals surface area contributed by atoms with Gasteiger partial charge in [-0.25, -0.2) is 0 Å². The number of fused-ring (bicyclic) bond motifs is 7. The molecule has 2 aliphatic heterocycles. The van der Waals surface area contributed by atoms with Gasteiger partial charge in [0.2, 0.25) is 5.91 Å². The molecule has 0 N–H and O–H groups in total.